The minimum absolute atomic E-state index is 0.923. The second-order valence-corrected chi connectivity index (χ2v) is 5.11. The molecule has 4 rings (SSSR count). The highest BCUT2D eigenvalue weighted by Gasteiger charge is 2.05. The normalized spacial score (nSPS) is 11.2. The van der Waals surface area contributed by atoms with Crippen LogP contribution in [0.15, 0.2) is 66.7 Å². The van der Waals surface area contributed by atoms with Crippen molar-refractivity contribution < 1.29 is 0 Å². The molecule has 1 heteroatoms. The van der Waals surface area contributed by atoms with Crippen LogP contribution in [0.4, 0.5) is 0 Å². The molecule has 0 fully saturated rings. The highest BCUT2D eigenvalue weighted by Crippen LogP contribution is 2.26. The van der Waals surface area contributed by atoms with Crippen LogP contribution in [0, 0.1) is 6.07 Å². The lowest BCUT2D eigenvalue weighted by atomic mass is 10.0. The molecule has 0 bridgehead atoms. The van der Waals surface area contributed by atoms with Gasteiger partial charge in [0.05, 0.1) is 5.52 Å². The minimum atomic E-state index is 0.923. The largest absolute Gasteiger partial charge is 0.354 e. The van der Waals surface area contributed by atoms with Crippen LogP contribution in [0.2, 0.25) is 0 Å². The number of aromatic nitrogens is 1. The second-order valence-electron chi connectivity index (χ2n) is 5.11. The van der Waals surface area contributed by atoms with Crippen LogP contribution in [0.3, 0.4) is 0 Å². The molecular formula is C19H14N. The number of rotatable bonds is 2. The van der Waals surface area contributed by atoms with E-state index in [0.717, 1.165) is 11.9 Å². The van der Waals surface area contributed by atoms with Crippen molar-refractivity contribution >= 4 is 21.8 Å². The maximum Gasteiger partial charge on any atom is 0.0548 e. The van der Waals surface area contributed by atoms with Crippen molar-refractivity contribution in [2.24, 2.45) is 0 Å². The van der Waals surface area contributed by atoms with E-state index in [1.165, 1.54) is 27.4 Å². The smallest absolute Gasteiger partial charge is 0.0548 e. The Morgan fingerprint density at radius 3 is 2.45 bits per heavy atom. The monoisotopic (exact) mass is 256 g/mol. The maximum absolute atomic E-state index is 3.51. The minimum Gasteiger partial charge on any atom is -0.354 e. The average molecular weight is 256 g/mol. The lowest BCUT2D eigenvalue weighted by Crippen LogP contribution is -1.87. The molecule has 1 aromatic heterocycles. The van der Waals surface area contributed by atoms with Gasteiger partial charge in [-0.1, -0.05) is 60.7 Å². The Labute approximate surface area is 117 Å². The van der Waals surface area contributed by atoms with Crippen molar-refractivity contribution in [2.75, 3.05) is 0 Å². The molecular weight excluding hydrogens is 242 g/mol. The van der Waals surface area contributed by atoms with Gasteiger partial charge in [0.2, 0.25) is 0 Å². The van der Waals surface area contributed by atoms with Crippen molar-refractivity contribution in [1.29, 1.82) is 0 Å². The fourth-order valence-corrected chi connectivity index (χ4v) is 2.74. The first-order valence-corrected chi connectivity index (χ1v) is 6.86. The third-order valence-electron chi connectivity index (χ3n) is 3.72. The molecule has 3 aromatic carbocycles. The van der Waals surface area contributed by atoms with Crippen molar-refractivity contribution in [3.63, 3.8) is 0 Å². The number of aromatic amines is 1. The summed E-state index contributed by atoms with van der Waals surface area (Å²) < 4.78 is 0. The van der Waals surface area contributed by atoms with Gasteiger partial charge in [0, 0.05) is 22.4 Å². The zero-order valence-electron chi connectivity index (χ0n) is 11.1. The SMILES string of the molecule is [c]1c(Cc2ccccc2)ccc2c1[nH]c1ccccc12. The molecule has 0 aliphatic heterocycles. The van der Waals surface area contributed by atoms with E-state index >= 15 is 0 Å². The molecule has 0 saturated carbocycles. The van der Waals surface area contributed by atoms with E-state index in [0.29, 0.717) is 0 Å². The number of para-hydroxylation sites is 1. The van der Waals surface area contributed by atoms with E-state index in [-0.39, 0.29) is 0 Å². The van der Waals surface area contributed by atoms with Gasteiger partial charge in [-0.05, 0) is 23.6 Å². The first kappa shape index (κ1) is 11.3. The zero-order valence-corrected chi connectivity index (χ0v) is 11.1. The van der Waals surface area contributed by atoms with Crippen molar-refractivity contribution in [3.05, 3.63) is 83.9 Å². The number of nitrogens with one attached hydrogen (secondary N) is 1. The fourth-order valence-electron chi connectivity index (χ4n) is 2.74. The molecule has 0 atom stereocenters. The van der Waals surface area contributed by atoms with Crippen molar-refractivity contribution in [3.8, 4) is 0 Å². The van der Waals surface area contributed by atoms with Gasteiger partial charge in [-0.2, -0.15) is 0 Å². The Hall–Kier alpha value is -2.54. The topological polar surface area (TPSA) is 15.8 Å². The zero-order chi connectivity index (χ0) is 13.4. The van der Waals surface area contributed by atoms with Gasteiger partial charge in [0.1, 0.15) is 0 Å². The highest BCUT2D eigenvalue weighted by molar-refractivity contribution is 6.07. The van der Waals surface area contributed by atoms with Crippen molar-refractivity contribution in [1.82, 2.24) is 4.98 Å². The summed E-state index contributed by atoms with van der Waals surface area (Å²) in [7, 11) is 0. The van der Waals surface area contributed by atoms with Gasteiger partial charge in [0.25, 0.3) is 0 Å². The Morgan fingerprint density at radius 2 is 1.55 bits per heavy atom. The van der Waals surface area contributed by atoms with Crippen LogP contribution in [0.25, 0.3) is 21.8 Å². The molecule has 4 aromatic rings. The van der Waals surface area contributed by atoms with Crippen LogP contribution in [0.1, 0.15) is 11.1 Å². The van der Waals surface area contributed by atoms with E-state index in [9.17, 15) is 0 Å². The van der Waals surface area contributed by atoms with Crippen LogP contribution >= 0.6 is 0 Å². The lowest BCUT2D eigenvalue weighted by Gasteiger charge is -2.01. The predicted molar refractivity (Wildman–Crippen MR) is 83.9 cm³/mol. The van der Waals surface area contributed by atoms with Gasteiger partial charge in [0.15, 0.2) is 0 Å². The summed E-state index contributed by atoms with van der Waals surface area (Å²) in [5, 5.41) is 2.52. The maximum atomic E-state index is 3.51. The van der Waals surface area contributed by atoms with E-state index in [1.807, 2.05) is 6.07 Å². The average Bonchev–Trinajstić information content (AvgIpc) is 2.86. The van der Waals surface area contributed by atoms with Crippen molar-refractivity contribution in [2.45, 2.75) is 6.42 Å². The molecule has 95 valence electrons. The Kier molecular flexibility index (Phi) is 2.56. The quantitative estimate of drug-likeness (QED) is 0.534. The van der Waals surface area contributed by atoms with Crippen LogP contribution in [-0.2, 0) is 6.42 Å². The molecule has 1 nitrogen and oxygen atoms in total. The third-order valence-corrected chi connectivity index (χ3v) is 3.72. The Bertz CT molecular complexity index is 872. The summed E-state index contributed by atoms with van der Waals surface area (Å²) in [6, 6.07) is 26.8. The summed E-state index contributed by atoms with van der Waals surface area (Å²) >= 11 is 0. The molecule has 1 N–H and O–H groups in total. The molecule has 20 heavy (non-hydrogen) atoms. The number of hydrogen-bond donors (Lipinski definition) is 1. The highest BCUT2D eigenvalue weighted by atomic mass is 14.7. The van der Waals surface area contributed by atoms with Crippen LogP contribution < -0.4 is 0 Å². The molecule has 1 radical (unpaired) electrons. The second kappa shape index (κ2) is 4.53. The number of H-pyrrole nitrogens is 1. The number of benzene rings is 3. The summed E-state index contributed by atoms with van der Waals surface area (Å²) in [4.78, 5) is 3.45. The first-order valence-electron chi connectivity index (χ1n) is 6.86. The summed E-state index contributed by atoms with van der Waals surface area (Å²) in [6.07, 6.45) is 0.923. The molecule has 0 spiro atoms. The third kappa shape index (κ3) is 1.88. The summed E-state index contributed by atoms with van der Waals surface area (Å²) in [5.74, 6) is 0. The molecule has 0 aliphatic rings. The van der Waals surface area contributed by atoms with Gasteiger partial charge in [-0.15, -0.1) is 0 Å². The lowest BCUT2D eigenvalue weighted by molar-refractivity contribution is 1.19. The van der Waals surface area contributed by atoms with Gasteiger partial charge < -0.3 is 4.98 Å². The molecule has 0 saturated heterocycles. The molecule has 0 unspecified atom stereocenters. The van der Waals surface area contributed by atoms with Gasteiger partial charge in [-0.3, -0.25) is 0 Å². The van der Waals surface area contributed by atoms with Gasteiger partial charge >= 0.3 is 0 Å². The van der Waals surface area contributed by atoms with E-state index in [4.69, 9.17) is 0 Å². The van der Waals surface area contributed by atoms with Crippen LogP contribution in [-0.4, -0.2) is 4.98 Å². The fraction of sp³-hybridized carbons (Fsp3) is 0.0526. The standard InChI is InChI=1S/C19H14N/c1-2-6-14(7-3-1)12-15-10-11-17-16-8-4-5-9-18(16)20-19(17)13-15/h1-11,20H,12H2. The summed E-state index contributed by atoms with van der Waals surface area (Å²) in [6.45, 7) is 0. The molecule has 0 amide bonds. The van der Waals surface area contributed by atoms with Gasteiger partial charge in [-0.25, -0.2) is 0 Å². The molecule has 0 aliphatic carbocycles. The van der Waals surface area contributed by atoms with E-state index in [1.54, 1.807) is 0 Å². The Morgan fingerprint density at radius 1 is 0.750 bits per heavy atom. The summed E-state index contributed by atoms with van der Waals surface area (Å²) in [5.41, 5.74) is 4.81. The molecule has 1 heterocycles. The number of hydrogen-bond acceptors (Lipinski definition) is 0. The first-order chi connectivity index (χ1) is 9.90. The number of fused-ring (bicyclic) bond motifs is 3. The van der Waals surface area contributed by atoms with E-state index in [2.05, 4.69) is 71.7 Å². The van der Waals surface area contributed by atoms with Crippen LogP contribution in [0.5, 0.6) is 0 Å². The predicted octanol–water partition coefficient (Wildman–Crippen LogP) is 4.71. The van der Waals surface area contributed by atoms with E-state index < -0.39 is 0 Å². The Balaban J connectivity index is 1.81.